The number of thioether (sulfide) groups is 1. The van der Waals surface area contributed by atoms with E-state index < -0.39 is 11.4 Å². The summed E-state index contributed by atoms with van der Waals surface area (Å²) in [5.41, 5.74) is -0.796. The van der Waals surface area contributed by atoms with E-state index in [9.17, 15) is 9.59 Å². The lowest BCUT2D eigenvalue weighted by molar-refractivity contribution is -0.135. The molecule has 1 amide bonds. The molecule has 0 saturated carbocycles. The maximum atomic E-state index is 11.7. The lowest BCUT2D eigenvalue weighted by atomic mass is 9.96. The fourth-order valence-electron chi connectivity index (χ4n) is 0.797. The molecule has 0 spiro atoms. The zero-order chi connectivity index (χ0) is 13.6. The second kappa shape index (κ2) is 6.30. The summed E-state index contributed by atoms with van der Waals surface area (Å²) >= 11 is 1.12. The van der Waals surface area contributed by atoms with Gasteiger partial charge in [-0.25, -0.2) is 4.79 Å². The monoisotopic (exact) mass is 256 g/mol. The number of nitrogens with zero attached hydrogens (tertiary/aromatic N) is 1. The van der Waals surface area contributed by atoms with Crippen LogP contribution in [0.3, 0.4) is 0 Å². The first-order chi connectivity index (χ1) is 7.77. The van der Waals surface area contributed by atoms with Crippen molar-refractivity contribution in [3.05, 3.63) is 10.6 Å². The van der Waals surface area contributed by atoms with Crippen LogP contribution in [0.25, 0.3) is 0 Å². The Labute approximate surface area is 105 Å². The maximum absolute atomic E-state index is 11.7. The molecule has 0 aromatic carbocycles. The zero-order valence-corrected chi connectivity index (χ0v) is 11.4. The highest BCUT2D eigenvalue weighted by molar-refractivity contribution is 8.02. The van der Waals surface area contributed by atoms with E-state index in [-0.39, 0.29) is 16.5 Å². The number of esters is 1. The Hall–Kier alpha value is -1.48. The van der Waals surface area contributed by atoms with Crippen molar-refractivity contribution in [2.24, 2.45) is 5.41 Å². The molecule has 0 aromatic rings. The molecule has 0 aliphatic heterocycles. The van der Waals surface area contributed by atoms with Crippen molar-refractivity contribution in [2.75, 3.05) is 13.4 Å². The smallest absolute Gasteiger partial charge is 0.351 e. The first-order valence-electron chi connectivity index (χ1n) is 4.86. The summed E-state index contributed by atoms with van der Waals surface area (Å²) in [6, 6.07) is 1.73. The molecule has 0 saturated heterocycles. The fourth-order valence-corrected chi connectivity index (χ4v) is 1.33. The fraction of sp³-hybridized carbons (Fsp3) is 0.545. The van der Waals surface area contributed by atoms with Gasteiger partial charge in [0.05, 0.1) is 7.11 Å². The molecule has 5 nitrogen and oxygen atoms in total. The van der Waals surface area contributed by atoms with E-state index >= 15 is 0 Å². The molecular formula is C11H16N2O3S. The third kappa shape index (κ3) is 4.49. The largest absolute Gasteiger partial charge is 0.465 e. The van der Waals surface area contributed by atoms with E-state index in [4.69, 9.17) is 5.26 Å². The lowest BCUT2D eigenvalue weighted by Gasteiger charge is -2.18. The van der Waals surface area contributed by atoms with Crippen LogP contribution in [0.1, 0.15) is 20.8 Å². The van der Waals surface area contributed by atoms with Crippen LogP contribution in [0, 0.1) is 16.7 Å². The summed E-state index contributed by atoms with van der Waals surface area (Å²) in [6.07, 6.45) is 1.67. The van der Waals surface area contributed by atoms with E-state index in [2.05, 4.69) is 10.1 Å². The Bertz CT molecular complexity index is 389. The van der Waals surface area contributed by atoms with Crippen molar-refractivity contribution in [1.82, 2.24) is 5.32 Å². The van der Waals surface area contributed by atoms with Gasteiger partial charge in [-0.2, -0.15) is 5.26 Å². The highest BCUT2D eigenvalue weighted by Crippen LogP contribution is 2.19. The zero-order valence-electron chi connectivity index (χ0n) is 10.6. The lowest BCUT2D eigenvalue weighted by Crippen LogP contribution is -2.34. The molecule has 6 heteroatoms. The van der Waals surface area contributed by atoms with Crippen LogP contribution in [0.2, 0.25) is 0 Å². The molecule has 0 unspecified atom stereocenters. The van der Waals surface area contributed by atoms with E-state index in [0.717, 1.165) is 11.8 Å². The highest BCUT2D eigenvalue weighted by Gasteiger charge is 2.24. The van der Waals surface area contributed by atoms with Gasteiger partial charge in [-0.3, -0.25) is 4.79 Å². The molecule has 0 aliphatic carbocycles. The van der Waals surface area contributed by atoms with Gasteiger partial charge in [0, 0.05) is 5.41 Å². The van der Waals surface area contributed by atoms with Crippen LogP contribution in [-0.4, -0.2) is 25.2 Å². The van der Waals surface area contributed by atoms with Gasteiger partial charge < -0.3 is 10.1 Å². The SMILES string of the molecule is COC(=O)/C(C#N)=C(/NC(=O)C(C)(C)C)SC. The van der Waals surface area contributed by atoms with Crippen LogP contribution in [0.4, 0.5) is 0 Å². The Morgan fingerprint density at radius 1 is 1.35 bits per heavy atom. The Balaban J connectivity index is 5.21. The van der Waals surface area contributed by atoms with Crippen LogP contribution in [0.15, 0.2) is 10.6 Å². The second-order valence-electron chi connectivity index (χ2n) is 4.22. The third-order valence-corrected chi connectivity index (χ3v) is 2.56. The summed E-state index contributed by atoms with van der Waals surface area (Å²) in [5.74, 6) is -1.02. The molecule has 17 heavy (non-hydrogen) atoms. The molecule has 0 aromatic heterocycles. The number of methoxy groups -OCH3 is 1. The predicted molar refractivity (Wildman–Crippen MR) is 65.8 cm³/mol. The Morgan fingerprint density at radius 3 is 2.18 bits per heavy atom. The van der Waals surface area contributed by atoms with Crippen LogP contribution < -0.4 is 5.32 Å². The van der Waals surface area contributed by atoms with Gasteiger partial charge in [0.25, 0.3) is 0 Å². The first-order valence-corrected chi connectivity index (χ1v) is 6.08. The van der Waals surface area contributed by atoms with Gasteiger partial charge in [-0.1, -0.05) is 20.8 Å². The number of hydrogen-bond acceptors (Lipinski definition) is 5. The summed E-state index contributed by atoms with van der Waals surface area (Å²) in [5, 5.41) is 11.6. The van der Waals surface area contributed by atoms with E-state index in [1.165, 1.54) is 7.11 Å². The second-order valence-corrected chi connectivity index (χ2v) is 5.03. The van der Waals surface area contributed by atoms with Crippen molar-refractivity contribution in [1.29, 1.82) is 5.26 Å². The molecule has 0 rings (SSSR count). The number of hydrogen-bond donors (Lipinski definition) is 1. The molecule has 0 heterocycles. The normalized spacial score (nSPS) is 12.2. The molecule has 94 valence electrons. The van der Waals surface area contributed by atoms with E-state index in [1.807, 2.05) is 0 Å². The maximum Gasteiger partial charge on any atom is 0.351 e. The van der Waals surface area contributed by atoms with Crippen molar-refractivity contribution < 1.29 is 14.3 Å². The van der Waals surface area contributed by atoms with Gasteiger partial charge >= 0.3 is 5.97 Å². The van der Waals surface area contributed by atoms with E-state index in [1.54, 1.807) is 33.1 Å². The molecular weight excluding hydrogens is 240 g/mol. The van der Waals surface area contributed by atoms with Gasteiger partial charge in [0.1, 0.15) is 11.1 Å². The number of carbonyl (C=O) groups is 2. The average Bonchev–Trinajstić information content (AvgIpc) is 2.26. The minimum Gasteiger partial charge on any atom is -0.465 e. The summed E-state index contributed by atoms with van der Waals surface area (Å²) in [7, 11) is 1.18. The van der Waals surface area contributed by atoms with Gasteiger partial charge in [0.2, 0.25) is 5.91 Å². The van der Waals surface area contributed by atoms with Crippen molar-refractivity contribution in [3.8, 4) is 6.07 Å². The Morgan fingerprint density at radius 2 is 1.88 bits per heavy atom. The Kier molecular flexibility index (Phi) is 5.75. The molecule has 0 bridgehead atoms. The molecule has 0 aliphatic rings. The number of rotatable bonds is 3. The van der Waals surface area contributed by atoms with Gasteiger partial charge in [0.15, 0.2) is 5.57 Å². The van der Waals surface area contributed by atoms with Gasteiger partial charge in [-0.15, -0.1) is 11.8 Å². The van der Waals surface area contributed by atoms with Crippen molar-refractivity contribution in [3.63, 3.8) is 0 Å². The number of nitriles is 1. The number of carbonyl (C=O) groups excluding carboxylic acids is 2. The minimum absolute atomic E-state index is 0.197. The number of nitrogens with one attached hydrogen (secondary N) is 1. The van der Waals surface area contributed by atoms with Crippen LogP contribution >= 0.6 is 11.8 Å². The standard InChI is InChI=1S/C11H16N2O3S/c1-11(2,3)10(15)13-8(17-5)7(6-12)9(14)16-4/h1-5H3,(H,13,15)/b8-7-. The number of ether oxygens (including phenoxy) is 1. The average molecular weight is 256 g/mol. The topological polar surface area (TPSA) is 79.2 Å². The quantitative estimate of drug-likeness (QED) is 0.469. The molecule has 1 N–H and O–H groups in total. The summed E-state index contributed by atoms with van der Waals surface area (Å²) in [6.45, 7) is 5.22. The minimum atomic E-state index is -0.758. The van der Waals surface area contributed by atoms with Gasteiger partial charge in [-0.05, 0) is 6.26 Å². The summed E-state index contributed by atoms with van der Waals surface area (Å²) in [4.78, 5) is 23.1. The summed E-state index contributed by atoms with van der Waals surface area (Å²) < 4.78 is 4.47. The predicted octanol–water partition coefficient (Wildman–Crippen LogP) is 1.42. The molecule has 0 fully saturated rings. The van der Waals surface area contributed by atoms with Crippen LogP contribution in [0.5, 0.6) is 0 Å². The molecule has 0 atom stereocenters. The number of amides is 1. The first kappa shape index (κ1) is 15.5. The van der Waals surface area contributed by atoms with Crippen molar-refractivity contribution >= 4 is 23.6 Å². The highest BCUT2D eigenvalue weighted by atomic mass is 32.2. The third-order valence-electron chi connectivity index (χ3n) is 1.84. The van der Waals surface area contributed by atoms with E-state index in [0.29, 0.717) is 0 Å². The van der Waals surface area contributed by atoms with Crippen molar-refractivity contribution in [2.45, 2.75) is 20.8 Å². The van der Waals surface area contributed by atoms with Crippen LogP contribution in [-0.2, 0) is 14.3 Å². The molecule has 0 radical (unpaired) electrons.